The molecule has 0 saturated carbocycles. The Bertz CT molecular complexity index is 701. The molecule has 0 fully saturated rings. The van der Waals surface area contributed by atoms with Crippen molar-refractivity contribution in [2.75, 3.05) is 13.7 Å². The molecule has 6 heteroatoms. The molecule has 0 bridgehead atoms. The SMILES string of the molecule is CCOc1c(Br)cc(C[NH2+]Cc2ccc(C(=O)[O-])cc2)cc1OC. The van der Waals surface area contributed by atoms with Crippen LogP contribution < -0.4 is 19.9 Å². The minimum Gasteiger partial charge on any atom is -0.545 e. The van der Waals surface area contributed by atoms with Gasteiger partial charge >= 0.3 is 0 Å². The van der Waals surface area contributed by atoms with Crippen LogP contribution in [-0.4, -0.2) is 19.7 Å². The van der Waals surface area contributed by atoms with Gasteiger partial charge in [0.15, 0.2) is 11.5 Å². The van der Waals surface area contributed by atoms with Gasteiger partial charge in [-0.15, -0.1) is 0 Å². The van der Waals surface area contributed by atoms with E-state index in [0.29, 0.717) is 18.1 Å². The molecule has 0 atom stereocenters. The highest BCUT2D eigenvalue weighted by molar-refractivity contribution is 9.10. The summed E-state index contributed by atoms with van der Waals surface area (Å²) in [6, 6.07) is 10.7. The summed E-state index contributed by atoms with van der Waals surface area (Å²) in [6.07, 6.45) is 0. The first kappa shape index (κ1) is 18.3. The van der Waals surface area contributed by atoms with Crippen LogP contribution in [0.15, 0.2) is 40.9 Å². The summed E-state index contributed by atoms with van der Waals surface area (Å²) in [6.45, 7) is 4.02. The van der Waals surface area contributed by atoms with Crippen LogP contribution >= 0.6 is 15.9 Å². The number of carboxylic acid groups (broad SMARTS) is 1. The highest BCUT2D eigenvalue weighted by Gasteiger charge is 2.12. The maximum Gasteiger partial charge on any atom is 0.175 e. The van der Waals surface area contributed by atoms with E-state index in [2.05, 4.69) is 21.2 Å². The molecule has 128 valence electrons. The largest absolute Gasteiger partial charge is 0.545 e. The molecule has 2 rings (SSSR count). The van der Waals surface area contributed by atoms with Crippen molar-refractivity contribution in [3.63, 3.8) is 0 Å². The number of hydrogen-bond donors (Lipinski definition) is 1. The summed E-state index contributed by atoms with van der Waals surface area (Å²) in [5.41, 5.74) is 2.35. The summed E-state index contributed by atoms with van der Waals surface area (Å²) in [5.74, 6) is 0.256. The van der Waals surface area contributed by atoms with Crippen LogP contribution in [0.1, 0.15) is 28.4 Å². The summed E-state index contributed by atoms with van der Waals surface area (Å²) < 4.78 is 11.8. The lowest BCUT2D eigenvalue weighted by Crippen LogP contribution is -2.80. The van der Waals surface area contributed by atoms with Crippen molar-refractivity contribution in [2.45, 2.75) is 20.0 Å². The second kappa shape index (κ2) is 8.70. The van der Waals surface area contributed by atoms with Gasteiger partial charge < -0.3 is 24.7 Å². The van der Waals surface area contributed by atoms with Gasteiger partial charge in [-0.1, -0.05) is 24.3 Å². The standard InChI is InChI=1S/C18H20BrNO4/c1-3-24-17-15(19)8-13(9-16(17)23-2)11-20-10-12-4-6-14(7-5-12)18(21)22/h4-9,20H,3,10-11H2,1-2H3,(H,21,22). The fourth-order valence-electron chi connectivity index (χ4n) is 2.36. The lowest BCUT2D eigenvalue weighted by Gasteiger charge is -2.13. The van der Waals surface area contributed by atoms with Gasteiger partial charge in [-0.2, -0.15) is 0 Å². The van der Waals surface area contributed by atoms with E-state index >= 15 is 0 Å². The van der Waals surface area contributed by atoms with Gasteiger partial charge in [0.2, 0.25) is 0 Å². The fraction of sp³-hybridized carbons (Fsp3) is 0.278. The summed E-state index contributed by atoms with van der Waals surface area (Å²) in [5, 5.41) is 12.9. The van der Waals surface area contributed by atoms with Crippen LogP contribution in [0.5, 0.6) is 11.5 Å². The maximum absolute atomic E-state index is 10.7. The molecule has 0 aliphatic rings. The number of ether oxygens (including phenoxy) is 2. The molecule has 0 amide bonds. The van der Waals surface area contributed by atoms with E-state index in [1.54, 1.807) is 31.4 Å². The summed E-state index contributed by atoms with van der Waals surface area (Å²) in [7, 11) is 1.62. The van der Waals surface area contributed by atoms with Gasteiger partial charge in [-0.3, -0.25) is 0 Å². The Kier molecular flexibility index (Phi) is 6.63. The Labute approximate surface area is 149 Å². The van der Waals surface area contributed by atoms with E-state index in [-0.39, 0.29) is 5.56 Å². The zero-order valence-electron chi connectivity index (χ0n) is 13.7. The molecule has 0 aromatic heterocycles. The monoisotopic (exact) mass is 393 g/mol. The van der Waals surface area contributed by atoms with Crippen molar-refractivity contribution >= 4 is 21.9 Å². The number of benzene rings is 2. The van der Waals surface area contributed by atoms with Gasteiger partial charge in [0, 0.05) is 11.1 Å². The average molecular weight is 394 g/mol. The smallest absolute Gasteiger partial charge is 0.175 e. The lowest BCUT2D eigenvalue weighted by molar-refractivity contribution is -0.686. The fourth-order valence-corrected chi connectivity index (χ4v) is 2.96. The molecule has 2 aromatic carbocycles. The number of carboxylic acids is 1. The summed E-state index contributed by atoms with van der Waals surface area (Å²) >= 11 is 3.52. The number of quaternary nitrogens is 1. The van der Waals surface area contributed by atoms with Crippen LogP contribution in [0.25, 0.3) is 0 Å². The highest BCUT2D eigenvalue weighted by Crippen LogP contribution is 2.36. The Morgan fingerprint density at radius 3 is 2.42 bits per heavy atom. The van der Waals surface area contributed by atoms with Crippen LogP contribution in [0, 0.1) is 0 Å². The second-order valence-corrected chi connectivity index (χ2v) is 6.08. The number of carbonyl (C=O) groups is 1. The molecule has 2 aromatic rings. The third-order valence-corrected chi connectivity index (χ3v) is 4.12. The van der Waals surface area contributed by atoms with E-state index in [9.17, 15) is 9.90 Å². The molecule has 2 N–H and O–H groups in total. The van der Waals surface area contributed by atoms with Crippen molar-refractivity contribution in [2.24, 2.45) is 0 Å². The predicted molar refractivity (Wildman–Crippen MR) is 92.0 cm³/mol. The Balaban J connectivity index is 1.99. The van der Waals surface area contributed by atoms with Gasteiger partial charge in [-0.25, -0.2) is 0 Å². The van der Waals surface area contributed by atoms with Crippen molar-refractivity contribution in [1.82, 2.24) is 0 Å². The Morgan fingerprint density at radius 1 is 1.17 bits per heavy atom. The number of carbonyl (C=O) groups excluding carboxylic acids is 1. The maximum atomic E-state index is 10.7. The quantitative estimate of drug-likeness (QED) is 0.736. The highest BCUT2D eigenvalue weighted by atomic mass is 79.9. The molecule has 0 heterocycles. The van der Waals surface area contributed by atoms with Crippen LogP contribution in [0.4, 0.5) is 0 Å². The number of hydrogen-bond acceptors (Lipinski definition) is 4. The van der Waals surface area contributed by atoms with E-state index in [1.165, 1.54) is 0 Å². The molecule has 0 saturated heterocycles. The summed E-state index contributed by atoms with van der Waals surface area (Å²) in [4.78, 5) is 10.7. The minimum atomic E-state index is -1.16. The first-order chi connectivity index (χ1) is 11.5. The molecule has 5 nitrogen and oxygen atoms in total. The van der Waals surface area contributed by atoms with Crippen LogP contribution in [0.2, 0.25) is 0 Å². The Hall–Kier alpha value is -2.05. The molecule has 24 heavy (non-hydrogen) atoms. The number of aromatic carboxylic acids is 1. The van der Waals surface area contributed by atoms with Crippen molar-refractivity contribution in [3.8, 4) is 11.5 Å². The van der Waals surface area contributed by atoms with Gasteiger partial charge in [0.25, 0.3) is 0 Å². The van der Waals surface area contributed by atoms with Gasteiger partial charge in [0.1, 0.15) is 13.1 Å². The normalized spacial score (nSPS) is 10.5. The van der Waals surface area contributed by atoms with Crippen molar-refractivity contribution in [3.05, 3.63) is 57.6 Å². The zero-order valence-corrected chi connectivity index (χ0v) is 15.3. The molecule has 0 aliphatic carbocycles. The number of methoxy groups -OCH3 is 1. The predicted octanol–water partition coefficient (Wildman–Crippen LogP) is 1.48. The topological polar surface area (TPSA) is 75.2 Å². The van der Waals surface area contributed by atoms with E-state index in [4.69, 9.17) is 9.47 Å². The van der Waals surface area contributed by atoms with E-state index in [1.807, 2.05) is 19.1 Å². The molecular weight excluding hydrogens is 374 g/mol. The number of nitrogens with two attached hydrogens (primary N) is 1. The number of rotatable bonds is 8. The minimum absolute atomic E-state index is 0.193. The molecule has 0 unspecified atom stereocenters. The lowest BCUT2D eigenvalue weighted by atomic mass is 10.1. The third-order valence-electron chi connectivity index (χ3n) is 3.53. The molecule has 0 aliphatic heterocycles. The average Bonchev–Trinajstić information content (AvgIpc) is 2.57. The molecule has 0 radical (unpaired) electrons. The Morgan fingerprint density at radius 2 is 1.83 bits per heavy atom. The van der Waals surface area contributed by atoms with Crippen molar-refractivity contribution < 1.29 is 24.7 Å². The third kappa shape index (κ3) is 4.72. The first-order valence-corrected chi connectivity index (χ1v) is 8.45. The number of halogens is 1. The zero-order chi connectivity index (χ0) is 17.5. The van der Waals surface area contributed by atoms with Crippen LogP contribution in [0.3, 0.4) is 0 Å². The van der Waals surface area contributed by atoms with Crippen LogP contribution in [-0.2, 0) is 13.1 Å². The van der Waals surface area contributed by atoms with Crippen molar-refractivity contribution in [1.29, 1.82) is 0 Å². The van der Waals surface area contributed by atoms with Gasteiger partial charge in [0.05, 0.1) is 24.2 Å². The molecular formula is C18H20BrNO4. The molecule has 0 spiro atoms. The second-order valence-electron chi connectivity index (χ2n) is 5.22. The van der Waals surface area contributed by atoms with E-state index in [0.717, 1.165) is 28.7 Å². The van der Waals surface area contributed by atoms with Gasteiger partial charge in [-0.05, 0) is 40.5 Å². The van der Waals surface area contributed by atoms with E-state index < -0.39 is 5.97 Å². The first-order valence-electron chi connectivity index (χ1n) is 7.66.